The Hall–Kier alpha value is -1.45. The summed E-state index contributed by atoms with van der Waals surface area (Å²) in [6.45, 7) is -2.92. The van der Waals surface area contributed by atoms with Gasteiger partial charge in [-0.3, -0.25) is 0 Å². The molecule has 0 amide bonds. The molecule has 1 aromatic carbocycles. The normalized spacial score (nSPS) is 11.1. The van der Waals surface area contributed by atoms with Crippen LogP contribution in [0.25, 0.3) is 10.9 Å². The highest BCUT2D eigenvalue weighted by Gasteiger charge is 2.14. The number of ether oxygens (including phenoxy) is 1. The summed E-state index contributed by atoms with van der Waals surface area (Å²) in [6.07, 6.45) is -1.24. The first kappa shape index (κ1) is 12.0. The molecule has 2 rings (SSSR count). The standard InChI is InChI=1S/C9H5F2IN2O3/c10-8(11)17-4-1-2-6-5(3-4)7(12)13-14(6)9(15)16/h1-3,8H,(H,15,16). The van der Waals surface area contributed by atoms with E-state index in [2.05, 4.69) is 9.84 Å². The molecule has 2 aromatic rings. The van der Waals surface area contributed by atoms with Crippen molar-refractivity contribution in [2.24, 2.45) is 0 Å². The van der Waals surface area contributed by atoms with Gasteiger partial charge in [-0.2, -0.15) is 18.6 Å². The number of hydrogen-bond acceptors (Lipinski definition) is 3. The second-order valence-electron chi connectivity index (χ2n) is 3.04. The molecule has 0 bridgehead atoms. The van der Waals surface area contributed by atoms with Crippen molar-refractivity contribution in [1.82, 2.24) is 9.78 Å². The molecule has 0 aliphatic rings. The fraction of sp³-hybridized carbons (Fsp3) is 0.111. The molecule has 1 aromatic heterocycles. The second kappa shape index (κ2) is 4.43. The summed E-state index contributed by atoms with van der Waals surface area (Å²) < 4.78 is 29.4. The van der Waals surface area contributed by atoms with Gasteiger partial charge in [0.05, 0.1) is 5.52 Å². The Balaban J connectivity index is 2.55. The monoisotopic (exact) mass is 354 g/mol. The van der Waals surface area contributed by atoms with Gasteiger partial charge in [0, 0.05) is 5.39 Å². The third-order valence-electron chi connectivity index (χ3n) is 2.01. The third kappa shape index (κ3) is 2.30. The summed E-state index contributed by atoms with van der Waals surface area (Å²) in [4.78, 5) is 10.8. The molecule has 0 atom stereocenters. The Labute approximate surface area is 107 Å². The number of carbonyl (C=O) groups is 1. The van der Waals surface area contributed by atoms with Crippen molar-refractivity contribution >= 4 is 39.6 Å². The van der Waals surface area contributed by atoms with Crippen molar-refractivity contribution in [2.75, 3.05) is 0 Å². The molecule has 1 N–H and O–H groups in total. The van der Waals surface area contributed by atoms with Crippen molar-refractivity contribution in [3.63, 3.8) is 0 Å². The average Bonchev–Trinajstić information content (AvgIpc) is 2.55. The molecular weight excluding hydrogens is 349 g/mol. The number of halogens is 3. The summed E-state index contributed by atoms with van der Waals surface area (Å²) in [5.74, 6) is -0.0321. The molecule has 0 aliphatic heterocycles. The maximum absolute atomic E-state index is 12.0. The zero-order chi connectivity index (χ0) is 12.6. The Morgan fingerprint density at radius 1 is 1.53 bits per heavy atom. The predicted octanol–water partition coefficient (Wildman–Crippen LogP) is 2.77. The number of benzene rings is 1. The summed E-state index contributed by atoms with van der Waals surface area (Å²) in [5.41, 5.74) is 0.323. The van der Waals surface area contributed by atoms with Crippen molar-refractivity contribution < 1.29 is 23.4 Å². The highest BCUT2D eigenvalue weighted by molar-refractivity contribution is 14.1. The van der Waals surface area contributed by atoms with Gasteiger partial charge in [0.15, 0.2) is 0 Å². The predicted molar refractivity (Wildman–Crippen MR) is 62.5 cm³/mol. The molecule has 0 spiro atoms. The van der Waals surface area contributed by atoms with E-state index in [4.69, 9.17) is 5.11 Å². The van der Waals surface area contributed by atoms with Crippen LogP contribution in [-0.4, -0.2) is 27.6 Å². The van der Waals surface area contributed by atoms with E-state index >= 15 is 0 Å². The van der Waals surface area contributed by atoms with Crippen molar-refractivity contribution in [3.05, 3.63) is 21.9 Å². The first-order valence-corrected chi connectivity index (χ1v) is 5.43. The van der Waals surface area contributed by atoms with Crippen LogP contribution in [0.5, 0.6) is 5.75 Å². The van der Waals surface area contributed by atoms with Gasteiger partial charge in [-0.15, -0.1) is 0 Å². The molecule has 0 aliphatic carbocycles. The zero-order valence-electron chi connectivity index (χ0n) is 8.10. The van der Waals surface area contributed by atoms with Gasteiger partial charge in [-0.25, -0.2) is 4.79 Å². The lowest BCUT2D eigenvalue weighted by molar-refractivity contribution is -0.0497. The Kier molecular flexibility index (Phi) is 3.13. The Morgan fingerprint density at radius 3 is 2.82 bits per heavy atom. The Bertz CT molecular complexity index is 585. The molecule has 0 saturated carbocycles. The maximum Gasteiger partial charge on any atom is 0.432 e. The molecule has 17 heavy (non-hydrogen) atoms. The zero-order valence-corrected chi connectivity index (χ0v) is 10.3. The average molecular weight is 354 g/mol. The van der Waals surface area contributed by atoms with Gasteiger partial charge in [0.1, 0.15) is 9.45 Å². The van der Waals surface area contributed by atoms with Crippen LogP contribution < -0.4 is 4.74 Å². The van der Waals surface area contributed by atoms with E-state index in [0.717, 1.165) is 4.68 Å². The summed E-state index contributed by atoms with van der Waals surface area (Å²) in [6, 6.07) is 3.97. The number of fused-ring (bicyclic) bond motifs is 1. The van der Waals surface area contributed by atoms with Gasteiger partial charge < -0.3 is 9.84 Å². The number of rotatable bonds is 2. The van der Waals surface area contributed by atoms with Gasteiger partial charge in [0.2, 0.25) is 0 Å². The molecule has 5 nitrogen and oxygen atoms in total. The van der Waals surface area contributed by atoms with Crippen LogP contribution in [0.4, 0.5) is 13.6 Å². The molecule has 1 heterocycles. The number of carboxylic acid groups (broad SMARTS) is 1. The maximum atomic E-state index is 12.0. The van der Waals surface area contributed by atoms with Crippen LogP contribution in [0, 0.1) is 3.70 Å². The quantitative estimate of drug-likeness (QED) is 0.843. The summed E-state index contributed by atoms with van der Waals surface area (Å²) >= 11 is 1.82. The van der Waals surface area contributed by atoms with Crippen LogP contribution in [0.1, 0.15) is 0 Å². The lowest BCUT2D eigenvalue weighted by atomic mass is 10.2. The summed E-state index contributed by atoms with van der Waals surface area (Å²) in [7, 11) is 0. The third-order valence-corrected chi connectivity index (χ3v) is 2.81. The molecule has 0 unspecified atom stereocenters. The smallest absolute Gasteiger partial charge is 0.432 e. The molecule has 0 radical (unpaired) electrons. The van der Waals surface area contributed by atoms with Crippen LogP contribution in [-0.2, 0) is 0 Å². The minimum atomic E-state index is -2.92. The van der Waals surface area contributed by atoms with E-state index in [-0.39, 0.29) is 5.75 Å². The molecule has 0 saturated heterocycles. The van der Waals surface area contributed by atoms with E-state index in [1.165, 1.54) is 18.2 Å². The number of nitrogens with zero attached hydrogens (tertiary/aromatic N) is 2. The van der Waals surface area contributed by atoms with E-state index in [9.17, 15) is 13.6 Å². The Morgan fingerprint density at radius 2 is 2.24 bits per heavy atom. The first-order chi connectivity index (χ1) is 7.99. The fourth-order valence-electron chi connectivity index (χ4n) is 1.38. The number of aromatic nitrogens is 2. The van der Waals surface area contributed by atoms with Gasteiger partial charge in [-0.05, 0) is 40.8 Å². The van der Waals surface area contributed by atoms with Gasteiger partial charge >= 0.3 is 12.7 Å². The van der Waals surface area contributed by atoms with E-state index in [0.29, 0.717) is 14.6 Å². The molecule has 0 fully saturated rings. The van der Waals surface area contributed by atoms with Gasteiger partial charge in [-0.1, -0.05) is 0 Å². The lowest BCUT2D eigenvalue weighted by Crippen LogP contribution is -2.09. The fourth-order valence-corrected chi connectivity index (χ4v) is 2.03. The minimum Gasteiger partial charge on any atom is -0.463 e. The first-order valence-electron chi connectivity index (χ1n) is 4.35. The van der Waals surface area contributed by atoms with E-state index in [1.54, 1.807) is 0 Å². The van der Waals surface area contributed by atoms with Crippen LogP contribution in [0.2, 0.25) is 0 Å². The van der Waals surface area contributed by atoms with Crippen molar-refractivity contribution in [1.29, 1.82) is 0 Å². The molecular formula is C9H5F2IN2O3. The van der Waals surface area contributed by atoms with Crippen molar-refractivity contribution in [3.8, 4) is 5.75 Å². The SMILES string of the molecule is O=C(O)n1nc(I)c2cc(OC(F)F)ccc21. The largest absolute Gasteiger partial charge is 0.463 e. The molecule has 90 valence electrons. The van der Waals surface area contributed by atoms with Gasteiger partial charge in [0.25, 0.3) is 0 Å². The minimum absolute atomic E-state index is 0.0321. The highest BCUT2D eigenvalue weighted by Crippen LogP contribution is 2.25. The number of hydrogen-bond donors (Lipinski definition) is 1. The second-order valence-corrected chi connectivity index (χ2v) is 4.06. The van der Waals surface area contributed by atoms with Crippen LogP contribution >= 0.6 is 22.6 Å². The highest BCUT2D eigenvalue weighted by atomic mass is 127. The summed E-state index contributed by atoms with van der Waals surface area (Å²) in [5, 5.41) is 13.1. The molecule has 8 heteroatoms. The topological polar surface area (TPSA) is 64.3 Å². The van der Waals surface area contributed by atoms with Crippen LogP contribution in [0.3, 0.4) is 0 Å². The van der Waals surface area contributed by atoms with Crippen molar-refractivity contribution in [2.45, 2.75) is 6.61 Å². The van der Waals surface area contributed by atoms with E-state index < -0.39 is 12.7 Å². The number of alkyl halides is 2. The van der Waals surface area contributed by atoms with Crippen LogP contribution in [0.15, 0.2) is 18.2 Å². The lowest BCUT2D eigenvalue weighted by Gasteiger charge is -2.03. The van der Waals surface area contributed by atoms with E-state index in [1.807, 2.05) is 22.6 Å².